The summed E-state index contributed by atoms with van der Waals surface area (Å²) in [6.45, 7) is 4.07. The van der Waals surface area contributed by atoms with Crippen LogP contribution >= 0.6 is 15.9 Å². The molecule has 80 valence electrons. The Hall–Kier alpha value is -0.830. The maximum absolute atomic E-state index is 11.9. The number of carbonyl (C=O) groups excluding carboxylic acids is 1. The molecule has 0 heterocycles. The Morgan fingerprint density at radius 3 is 2.60 bits per heavy atom. The number of benzene rings is 1. The number of rotatable bonds is 2. The van der Waals surface area contributed by atoms with Crippen LogP contribution in [0.25, 0.3) is 0 Å². The van der Waals surface area contributed by atoms with Crippen molar-refractivity contribution in [1.82, 2.24) is 5.32 Å². The van der Waals surface area contributed by atoms with Gasteiger partial charge >= 0.3 is 0 Å². The molecule has 1 saturated carbocycles. The van der Waals surface area contributed by atoms with Gasteiger partial charge in [0.25, 0.3) is 5.91 Å². The highest BCUT2D eigenvalue weighted by Gasteiger charge is 2.38. The molecular formula is C12H14BrNO. The van der Waals surface area contributed by atoms with Crippen LogP contribution in [0.5, 0.6) is 0 Å². The number of halogens is 1. The average molecular weight is 268 g/mol. The number of amides is 1. The summed E-state index contributed by atoms with van der Waals surface area (Å²) in [7, 11) is 0. The van der Waals surface area contributed by atoms with Gasteiger partial charge in [-0.3, -0.25) is 4.79 Å². The van der Waals surface area contributed by atoms with Gasteiger partial charge in [0, 0.05) is 15.6 Å². The van der Waals surface area contributed by atoms with E-state index in [1.54, 1.807) is 0 Å². The molecule has 1 amide bonds. The first-order valence-corrected chi connectivity index (χ1v) is 5.88. The van der Waals surface area contributed by atoms with Crippen LogP contribution in [0.3, 0.4) is 0 Å². The van der Waals surface area contributed by atoms with Crippen LogP contribution < -0.4 is 5.32 Å². The minimum absolute atomic E-state index is 0.0272. The first-order valence-electron chi connectivity index (χ1n) is 5.08. The van der Waals surface area contributed by atoms with E-state index in [-0.39, 0.29) is 11.4 Å². The van der Waals surface area contributed by atoms with Crippen molar-refractivity contribution in [3.63, 3.8) is 0 Å². The Morgan fingerprint density at radius 2 is 2.07 bits per heavy atom. The molecule has 0 saturated heterocycles. The van der Waals surface area contributed by atoms with Gasteiger partial charge in [0.2, 0.25) is 0 Å². The highest BCUT2D eigenvalue weighted by Crippen LogP contribution is 2.34. The molecule has 15 heavy (non-hydrogen) atoms. The Kier molecular flexibility index (Phi) is 2.59. The lowest BCUT2D eigenvalue weighted by atomic mass is 10.1. The summed E-state index contributed by atoms with van der Waals surface area (Å²) in [5, 5.41) is 3.04. The van der Waals surface area contributed by atoms with E-state index in [4.69, 9.17) is 0 Å². The average Bonchev–Trinajstić information content (AvgIpc) is 2.81. The van der Waals surface area contributed by atoms with Gasteiger partial charge in [0.1, 0.15) is 0 Å². The number of hydrogen-bond acceptors (Lipinski definition) is 1. The zero-order valence-corrected chi connectivity index (χ0v) is 10.5. The first kappa shape index (κ1) is 10.7. The molecule has 2 nitrogen and oxygen atoms in total. The van der Waals surface area contributed by atoms with Crippen LogP contribution in [-0.4, -0.2) is 11.4 Å². The fraction of sp³-hybridized carbons (Fsp3) is 0.417. The van der Waals surface area contributed by atoms with Gasteiger partial charge in [0.15, 0.2) is 0 Å². The molecule has 1 aromatic rings. The third-order valence-corrected chi connectivity index (χ3v) is 3.18. The molecule has 0 bridgehead atoms. The molecule has 0 spiro atoms. The van der Waals surface area contributed by atoms with Crippen molar-refractivity contribution >= 4 is 21.8 Å². The molecule has 2 rings (SSSR count). The van der Waals surface area contributed by atoms with E-state index in [1.807, 2.05) is 25.1 Å². The van der Waals surface area contributed by atoms with E-state index in [2.05, 4.69) is 28.2 Å². The van der Waals surface area contributed by atoms with Crippen LogP contribution in [0.15, 0.2) is 22.7 Å². The summed E-state index contributed by atoms with van der Waals surface area (Å²) in [5.41, 5.74) is 1.87. The molecule has 0 unspecified atom stereocenters. The van der Waals surface area contributed by atoms with Crippen molar-refractivity contribution in [3.8, 4) is 0 Å². The van der Waals surface area contributed by atoms with Gasteiger partial charge in [-0.2, -0.15) is 0 Å². The summed E-state index contributed by atoms with van der Waals surface area (Å²) < 4.78 is 0.952. The van der Waals surface area contributed by atoms with E-state index < -0.39 is 0 Å². The number of aryl methyl sites for hydroxylation is 1. The van der Waals surface area contributed by atoms with E-state index in [9.17, 15) is 4.79 Å². The quantitative estimate of drug-likeness (QED) is 0.877. The van der Waals surface area contributed by atoms with Gasteiger partial charge in [-0.15, -0.1) is 0 Å². The summed E-state index contributed by atoms with van der Waals surface area (Å²) in [6.07, 6.45) is 2.18. The number of hydrogen-bond donors (Lipinski definition) is 1. The topological polar surface area (TPSA) is 29.1 Å². The van der Waals surface area contributed by atoms with Crippen molar-refractivity contribution < 1.29 is 4.79 Å². The lowest BCUT2D eigenvalue weighted by Crippen LogP contribution is -2.34. The molecule has 1 N–H and O–H groups in total. The third-order valence-electron chi connectivity index (χ3n) is 2.72. The fourth-order valence-electron chi connectivity index (χ4n) is 1.53. The van der Waals surface area contributed by atoms with Gasteiger partial charge < -0.3 is 5.32 Å². The van der Waals surface area contributed by atoms with Gasteiger partial charge in [-0.05, 0) is 50.5 Å². The van der Waals surface area contributed by atoms with Crippen LogP contribution in [0, 0.1) is 6.92 Å². The van der Waals surface area contributed by atoms with Crippen LogP contribution in [0.2, 0.25) is 0 Å². The second kappa shape index (κ2) is 3.63. The Balaban J connectivity index is 2.17. The van der Waals surface area contributed by atoms with Crippen LogP contribution in [-0.2, 0) is 0 Å². The maximum Gasteiger partial charge on any atom is 0.251 e. The predicted molar refractivity (Wildman–Crippen MR) is 64.0 cm³/mol. The second-order valence-electron chi connectivity index (χ2n) is 4.53. The molecule has 1 aromatic carbocycles. The Labute approximate surface area is 98.2 Å². The molecule has 1 aliphatic rings. The minimum atomic E-state index is 0.0272. The van der Waals surface area contributed by atoms with E-state index in [1.165, 1.54) is 0 Å². The fourth-order valence-corrected chi connectivity index (χ4v) is 2.13. The Morgan fingerprint density at radius 1 is 1.40 bits per heavy atom. The first-order chi connectivity index (χ1) is 6.98. The van der Waals surface area contributed by atoms with Crippen molar-refractivity contribution in [3.05, 3.63) is 33.8 Å². The second-order valence-corrected chi connectivity index (χ2v) is 5.45. The molecule has 3 heteroatoms. The lowest BCUT2D eigenvalue weighted by Gasteiger charge is -2.11. The molecular weight excluding hydrogens is 254 g/mol. The highest BCUT2D eigenvalue weighted by atomic mass is 79.9. The number of carbonyl (C=O) groups is 1. The number of nitrogens with one attached hydrogen (secondary N) is 1. The summed E-state index contributed by atoms with van der Waals surface area (Å²) in [6, 6.07) is 5.76. The van der Waals surface area contributed by atoms with Crippen molar-refractivity contribution in [2.24, 2.45) is 0 Å². The van der Waals surface area contributed by atoms with Gasteiger partial charge in [-0.25, -0.2) is 0 Å². The van der Waals surface area contributed by atoms with Crippen molar-refractivity contribution in [1.29, 1.82) is 0 Å². The van der Waals surface area contributed by atoms with E-state index in [0.717, 1.165) is 28.4 Å². The minimum Gasteiger partial charge on any atom is -0.347 e. The monoisotopic (exact) mass is 267 g/mol. The van der Waals surface area contributed by atoms with E-state index in [0.29, 0.717) is 0 Å². The smallest absolute Gasteiger partial charge is 0.251 e. The Bertz CT molecular complexity index is 390. The molecule has 1 aliphatic carbocycles. The van der Waals surface area contributed by atoms with Gasteiger partial charge in [-0.1, -0.05) is 15.9 Å². The largest absolute Gasteiger partial charge is 0.347 e. The lowest BCUT2D eigenvalue weighted by molar-refractivity contribution is 0.0935. The van der Waals surface area contributed by atoms with Crippen LogP contribution in [0.1, 0.15) is 35.7 Å². The molecule has 0 aliphatic heterocycles. The van der Waals surface area contributed by atoms with Gasteiger partial charge in [0.05, 0.1) is 0 Å². The summed E-state index contributed by atoms with van der Waals surface area (Å²) in [5.74, 6) is 0.0272. The predicted octanol–water partition coefficient (Wildman–Crippen LogP) is 3.04. The van der Waals surface area contributed by atoms with Crippen LogP contribution in [0.4, 0.5) is 0 Å². The molecule has 1 fully saturated rings. The molecule has 0 radical (unpaired) electrons. The molecule has 0 atom stereocenters. The third kappa shape index (κ3) is 2.59. The van der Waals surface area contributed by atoms with Crippen molar-refractivity contribution in [2.45, 2.75) is 32.2 Å². The zero-order chi connectivity index (χ0) is 11.1. The highest BCUT2D eigenvalue weighted by molar-refractivity contribution is 9.10. The molecule has 0 aromatic heterocycles. The van der Waals surface area contributed by atoms with Crippen molar-refractivity contribution in [2.75, 3.05) is 0 Å². The summed E-state index contributed by atoms with van der Waals surface area (Å²) >= 11 is 3.40. The maximum atomic E-state index is 11.9. The SMILES string of the molecule is Cc1cc(Br)cc(C(=O)NC2(C)CC2)c1. The standard InChI is InChI=1S/C12H14BrNO/c1-8-5-9(7-10(13)6-8)11(15)14-12(2)3-4-12/h5-7H,3-4H2,1-2H3,(H,14,15). The normalized spacial score (nSPS) is 17.3. The van der Waals surface area contributed by atoms with E-state index >= 15 is 0 Å². The zero-order valence-electron chi connectivity index (χ0n) is 8.93. The summed E-state index contributed by atoms with van der Waals surface area (Å²) in [4.78, 5) is 11.9.